The van der Waals surface area contributed by atoms with Crippen molar-refractivity contribution in [2.75, 3.05) is 13.7 Å². The molecule has 4 rings (SSSR count). The summed E-state index contributed by atoms with van der Waals surface area (Å²) in [4.78, 5) is 12.9. The normalized spacial score (nSPS) is 17.5. The molecule has 6 heteroatoms. The van der Waals surface area contributed by atoms with Crippen LogP contribution in [0.15, 0.2) is 52.9 Å². The Morgan fingerprint density at radius 2 is 1.65 bits per heavy atom. The fraction of sp³-hybridized carbons (Fsp3) is 0.452. The van der Waals surface area contributed by atoms with Crippen LogP contribution >= 0.6 is 0 Å². The van der Waals surface area contributed by atoms with Gasteiger partial charge in [0.05, 0.1) is 19.8 Å². The molecule has 37 heavy (non-hydrogen) atoms. The van der Waals surface area contributed by atoms with Gasteiger partial charge in [-0.2, -0.15) is 0 Å². The number of furan rings is 1. The zero-order chi connectivity index (χ0) is 27.0. The minimum Gasteiger partial charge on any atom is -0.497 e. The van der Waals surface area contributed by atoms with E-state index in [4.69, 9.17) is 9.15 Å². The van der Waals surface area contributed by atoms with Gasteiger partial charge < -0.3 is 24.7 Å². The predicted octanol–water partition coefficient (Wildman–Crippen LogP) is 5.36. The second-order valence-corrected chi connectivity index (χ2v) is 11.5. The van der Waals surface area contributed by atoms with E-state index in [1.165, 1.54) is 28.7 Å². The first-order valence-corrected chi connectivity index (χ1v) is 12.9. The van der Waals surface area contributed by atoms with Crippen molar-refractivity contribution in [1.82, 2.24) is 5.32 Å². The van der Waals surface area contributed by atoms with E-state index in [2.05, 4.69) is 52.1 Å². The van der Waals surface area contributed by atoms with Crippen molar-refractivity contribution < 1.29 is 24.2 Å². The Hall–Kier alpha value is -3.09. The Kier molecular flexibility index (Phi) is 7.54. The van der Waals surface area contributed by atoms with Gasteiger partial charge in [-0.25, -0.2) is 0 Å². The maximum Gasteiger partial charge on any atom is 0.287 e. The summed E-state index contributed by atoms with van der Waals surface area (Å²) in [6.07, 6.45) is 1.82. The van der Waals surface area contributed by atoms with Crippen LogP contribution in [0.5, 0.6) is 5.75 Å². The van der Waals surface area contributed by atoms with Crippen molar-refractivity contribution >= 4 is 5.91 Å². The number of ether oxygens (including phenoxy) is 1. The lowest BCUT2D eigenvalue weighted by Gasteiger charge is -2.42. The van der Waals surface area contributed by atoms with Gasteiger partial charge in [-0.15, -0.1) is 0 Å². The molecule has 0 spiro atoms. The summed E-state index contributed by atoms with van der Waals surface area (Å²) in [6.45, 7) is 11.0. The largest absolute Gasteiger partial charge is 0.497 e. The Balaban J connectivity index is 1.49. The highest BCUT2D eigenvalue weighted by atomic mass is 16.5. The third-order valence-electron chi connectivity index (χ3n) is 7.91. The summed E-state index contributed by atoms with van der Waals surface area (Å²) in [5.74, 6) is 1.01. The first kappa shape index (κ1) is 27.0. The van der Waals surface area contributed by atoms with E-state index in [-0.39, 0.29) is 16.6 Å². The molecule has 1 aliphatic carbocycles. The van der Waals surface area contributed by atoms with Gasteiger partial charge in [0, 0.05) is 6.42 Å². The molecule has 1 amide bonds. The summed E-state index contributed by atoms with van der Waals surface area (Å²) >= 11 is 0. The number of nitrogens with one attached hydrogen (secondary N) is 1. The van der Waals surface area contributed by atoms with Crippen LogP contribution in [0.2, 0.25) is 0 Å². The number of fused-ring (bicyclic) bond motifs is 1. The lowest BCUT2D eigenvalue weighted by Crippen LogP contribution is -2.41. The maximum atomic E-state index is 12.9. The van der Waals surface area contributed by atoms with Crippen molar-refractivity contribution in [3.05, 3.63) is 87.9 Å². The Bertz CT molecular complexity index is 1260. The lowest BCUT2D eigenvalue weighted by molar-refractivity contribution is 0.0682. The monoisotopic (exact) mass is 505 g/mol. The lowest BCUT2D eigenvalue weighted by atomic mass is 9.62. The average Bonchev–Trinajstić information content (AvgIpc) is 3.34. The Labute approximate surface area is 219 Å². The number of hydrogen-bond acceptors (Lipinski definition) is 5. The van der Waals surface area contributed by atoms with Gasteiger partial charge in [0.1, 0.15) is 17.6 Å². The molecule has 0 bridgehead atoms. The van der Waals surface area contributed by atoms with Crippen molar-refractivity contribution in [3.8, 4) is 5.75 Å². The van der Waals surface area contributed by atoms with Crippen LogP contribution in [0.1, 0.15) is 90.8 Å². The van der Waals surface area contributed by atoms with Gasteiger partial charge in [0.25, 0.3) is 5.91 Å². The highest BCUT2D eigenvalue weighted by Crippen LogP contribution is 2.46. The molecule has 1 aliphatic rings. The standard InChI is InChI=1S/C31H39NO5/c1-19-15-24-25(31(4,5)14-13-30(24,2)3)17-21(19)16-23-11-12-27(37-23)29(35)32-26(18-33)28(34)20-7-9-22(36-6)10-8-20/h7-12,15,17,26,28,33-34H,13-14,16,18H2,1-6H3,(H,32,35). The summed E-state index contributed by atoms with van der Waals surface area (Å²) in [5.41, 5.74) is 6.07. The second kappa shape index (κ2) is 10.3. The molecule has 0 radical (unpaired) electrons. The van der Waals surface area contributed by atoms with E-state index >= 15 is 0 Å². The first-order valence-electron chi connectivity index (χ1n) is 12.9. The predicted molar refractivity (Wildman–Crippen MR) is 144 cm³/mol. The molecule has 1 aromatic heterocycles. The molecule has 2 aromatic carbocycles. The molecule has 3 N–H and O–H groups in total. The number of aliphatic hydroxyl groups excluding tert-OH is 2. The van der Waals surface area contributed by atoms with E-state index in [0.29, 0.717) is 23.5 Å². The Morgan fingerprint density at radius 3 is 2.24 bits per heavy atom. The molecule has 0 fully saturated rings. The van der Waals surface area contributed by atoms with Crippen LogP contribution < -0.4 is 10.1 Å². The van der Waals surface area contributed by atoms with Crippen LogP contribution in [-0.4, -0.2) is 35.9 Å². The maximum absolute atomic E-state index is 12.9. The molecule has 0 aliphatic heterocycles. The van der Waals surface area contributed by atoms with Gasteiger partial charge in [0.15, 0.2) is 5.76 Å². The molecule has 3 aromatic rings. The van der Waals surface area contributed by atoms with Gasteiger partial charge in [-0.05, 0) is 82.7 Å². The summed E-state index contributed by atoms with van der Waals surface area (Å²) in [7, 11) is 1.56. The smallest absolute Gasteiger partial charge is 0.287 e. The fourth-order valence-corrected chi connectivity index (χ4v) is 5.24. The molecule has 2 unspecified atom stereocenters. The number of benzene rings is 2. The number of methoxy groups -OCH3 is 1. The minimum absolute atomic E-state index is 0.117. The number of carbonyl (C=O) groups is 1. The molecule has 0 saturated carbocycles. The summed E-state index contributed by atoms with van der Waals surface area (Å²) in [6, 6.07) is 14.1. The summed E-state index contributed by atoms with van der Waals surface area (Å²) in [5, 5.41) is 23.2. The third kappa shape index (κ3) is 5.60. The third-order valence-corrected chi connectivity index (χ3v) is 7.91. The first-order chi connectivity index (χ1) is 17.4. The molecule has 6 nitrogen and oxygen atoms in total. The van der Waals surface area contributed by atoms with Gasteiger partial charge >= 0.3 is 0 Å². The van der Waals surface area contributed by atoms with Gasteiger partial charge in [-0.1, -0.05) is 52.0 Å². The number of aliphatic hydroxyl groups is 2. The van der Waals surface area contributed by atoms with E-state index in [1.54, 1.807) is 37.4 Å². The SMILES string of the molecule is COc1ccc(C(O)C(CO)NC(=O)c2ccc(Cc3cc4c(cc3C)C(C)(C)CCC4(C)C)o2)cc1. The van der Waals surface area contributed by atoms with Crippen LogP contribution in [0, 0.1) is 6.92 Å². The number of carbonyl (C=O) groups excluding carboxylic acids is 1. The highest BCUT2D eigenvalue weighted by molar-refractivity contribution is 5.91. The molecule has 1 heterocycles. The van der Waals surface area contributed by atoms with Crippen LogP contribution in [-0.2, 0) is 17.3 Å². The number of amides is 1. The zero-order valence-corrected chi connectivity index (χ0v) is 22.7. The van der Waals surface area contributed by atoms with E-state index < -0.39 is 24.7 Å². The van der Waals surface area contributed by atoms with Crippen molar-refractivity contribution in [2.24, 2.45) is 0 Å². The van der Waals surface area contributed by atoms with Crippen LogP contribution in [0.3, 0.4) is 0 Å². The van der Waals surface area contributed by atoms with Crippen LogP contribution in [0.25, 0.3) is 0 Å². The molecule has 0 saturated heterocycles. The number of aryl methyl sites for hydroxylation is 1. The molecular weight excluding hydrogens is 466 g/mol. The van der Waals surface area contributed by atoms with Gasteiger partial charge in [-0.3, -0.25) is 4.79 Å². The second-order valence-electron chi connectivity index (χ2n) is 11.5. The number of hydrogen-bond donors (Lipinski definition) is 3. The van der Waals surface area contributed by atoms with Crippen LogP contribution in [0.4, 0.5) is 0 Å². The molecular formula is C31H39NO5. The van der Waals surface area contributed by atoms with E-state index in [0.717, 1.165) is 6.42 Å². The Morgan fingerprint density at radius 1 is 1.03 bits per heavy atom. The molecule has 2 atom stereocenters. The van der Waals surface area contributed by atoms with Crippen molar-refractivity contribution in [2.45, 2.75) is 76.9 Å². The highest BCUT2D eigenvalue weighted by Gasteiger charge is 2.37. The number of rotatable bonds is 8. The van der Waals surface area contributed by atoms with Crippen molar-refractivity contribution in [1.29, 1.82) is 0 Å². The van der Waals surface area contributed by atoms with Crippen molar-refractivity contribution in [3.63, 3.8) is 0 Å². The zero-order valence-electron chi connectivity index (χ0n) is 22.7. The van der Waals surface area contributed by atoms with E-state index in [9.17, 15) is 15.0 Å². The minimum atomic E-state index is -1.08. The molecule has 198 valence electrons. The fourth-order valence-electron chi connectivity index (χ4n) is 5.24. The average molecular weight is 506 g/mol. The topological polar surface area (TPSA) is 91.9 Å². The quantitative estimate of drug-likeness (QED) is 0.383. The van der Waals surface area contributed by atoms with Gasteiger partial charge in [0.2, 0.25) is 0 Å². The van der Waals surface area contributed by atoms with E-state index in [1.807, 2.05) is 6.07 Å². The summed E-state index contributed by atoms with van der Waals surface area (Å²) < 4.78 is 11.1.